The van der Waals surface area contributed by atoms with Gasteiger partial charge in [-0.05, 0) is 97.9 Å². The van der Waals surface area contributed by atoms with Crippen molar-refractivity contribution in [3.05, 3.63) is 211 Å². The molecule has 9 aromatic carbocycles. The minimum absolute atomic E-state index is 0.117. The third kappa shape index (κ3) is 5.33. The van der Waals surface area contributed by atoms with Crippen molar-refractivity contribution in [2.75, 3.05) is 4.90 Å². The Hall–Kier alpha value is -7.16. The van der Waals surface area contributed by atoms with Crippen LogP contribution in [0.2, 0.25) is 0 Å². The molecule has 57 heavy (non-hydrogen) atoms. The van der Waals surface area contributed by atoms with Gasteiger partial charge < -0.3 is 9.32 Å². The molecule has 0 saturated heterocycles. The molecule has 0 N–H and O–H groups in total. The third-order valence-corrected chi connectivity index (χ3v) is 12.1. The maximum absolute atomic E-state index is 6.96. The minimum atomic E-state index is -0.117. The smallest absolute Gasteiger partial charge is 0.143 e. The Morgan fingerprint density at radius 3 is 1.70 bits per heavy atom. The van der Waals surface area contributed by atoms with E-state index in [4.69, 9.17) is 4.42 Å². The van der Waals surface area contributed by atoms with Gasteiger partial charge in [-0.2, -0.15) is 0 Å². The molecule has 0 saturated carbocycles. The largest absolute Gasteiger partial charge is 0.455 e. The van der Waals surface area contributed by atoms with Crippen LogP contribution >= 0.6 is 0 Å². The van der Waals surface area contributed by atoms with Crippen LogP contribution in [-0.2, 0) is 5.41 Å². The molecule has 0 fully saturated rings. The summed E-state index contributed by atoms with van der Waals surface area (Å²) in [7, 11) is 0. The molecular formula is C55H39NO. The van der Waals surface area contributed by atoms with Gasteiger partial charge in [0.15, 0.2) is 0 Å². The molecule has 270 valence electrons. The number of hydrogen-bond donors (Lipinski definition) is 0. The number of hydrogen-bond acceptors (Lipinski definition) is 2. The summed E-state index contributed by atoms with van der Waals surface area (Å²) in [6, 6.07) is 72.5. The molecule has 0 spiro atoms. The fraction of sp³-hybridized carbons (Fsp3) is 0.0545. The van der Waals surface area contributed by atoms with E-state index >= 15 is 0 Å². The van der Waals surface area contributed by atoms with Gasteiger partial charge in [-0.1, -0.05) is 172 Å². The van der Waals surface area contributed by atoms with E-state index in [2.05, 4.69) is 219 Å². The molecule has 11 rings (SSSR count). The van der Waals surface area contributed by atoms with Gasteiger partial charge in [-0.25, -0.2) is 0 Å². The van der Waals surface area contributed by atoms with E-state index in [1.165, 1.54) is 49.9 Å². The van der Waals surface area contributed by atoms with Gasteiger partial charge in [0.2, 0.25) is 0 Å². The van der Waals surface area contributed by atoms with Crippen molar-refractivity contribution in [1.82, 2.24) is 0 Å². The number of para-hydroxylation sites is 1. The second-order valence-corrected chi connectivity index (χ2v) is 15.7. The summed E-state index contributed by atoms with van der Waals surface area (Å²) in [6.45, 7) is 4.70. The Bertz CT molecular complexity index is 3140. The van der Waals surface area contributed by atoms with Gasteiger partial charge in [0.1, 0.15) is 11.2 Å². The zero-order chi connectivity index (χ0) is 38.1. The molecule has 1 aliphatic rings. The lowest BCUT2D eigenvalue weighted by Gasteiger charge is -2.28. The molecule has 10 aromatic rings. The van der Waals surface area contributed by atoms with Crippen LogP contribution in [0.25, 0.3) is 77.2 Å². The van der Waals surface area contributed by atoms with Crippen LogP contribution < -0.4 is 4.90 Å². The van der Waals surface area contributed by atoms with Gasteiger partial charge in [0.05, 0.1) is 0 Å². The second kappa shape index (κ2) is 13.0. The lowest BCUT2D eigenvalue weighted by molar-refractivity contribution is 0.660. The van der Waals surface area contributed by atoms with Crippen LogP contribution in [0.15, 0.2) is 205 Å². The average molecular weight is 730 g/mol. The molecular weight excluding hydrogens is 691 g/mol. The first-order chi connectivity index (χ1) is 28.0. The van der Waals surface area contributed by atoms with Gasteiger partial charge in [-0.3, -0.25) is 0 Å². The molecule has 0 amide bonds. The monoisotopic (exact) mass is 729 g/mol. The highest BCUT2D eigenvalue weighted by Gasteiger charge is 2.35. The molecule has 1 aromatic heterocycles. The van der Waals surface area contributed by atoms with Gasteiger partial charge in [0, 0.05) is 44.2 Å². The van der Waals surface area contributed by atoms with Crippen molar-refractivity contribution in [1.29, 1.82) is 0 Å². The Labute approximate surface area is 332 Å². The highest BCUT2D eigenvalue weighted by molar-refractivity contribution is 6.20. The molecule has 2 nitrogen and oxygen atoms in total. The zero-order valence-corrected chi connectivity index (χ0v) is 31.9. The number of benzene rings is 9. The van der Waals surface area contributed by atoms with Crippen molar-refractivity contribution < 1.29 is 4.42 Å². The van der Waals surface area contributed by atoms with E-state index in [0.717, 1.165) is 55.5 Å². The van der Waals surface area contributed by atoms with Gasteiger partial charge in [-0.15, -0.1) is 0 Å². The summed E-state index contributed by atoms with van der Waals surface area (Å²) < 4.78 is 6.96. The summed E-state index contributed by atoms with van der Waals surface area (Å²) in [5.74, 6) is 0. The van der Waals surface area contributed by atoms with Crippen LogP contribution in [0.4, 0.5) is 17.1 Å². The molecule has 0 aliphatic heterocycles. The highest BCUT2D eigenvalue weighted by Crippen LogP contribution is 2.51. The maximum Gasteiger partial charge on any atom is 0.143 e. The molecule has 0 unspecified atom stereocenters. The van der Waals surface area contributed by atoms with Crippen LogP contribution in [0.3, 0.4) is 0 Å². The van der Waals surface area contributed by atoms with E-state index in [1.54, 1.807) is 0 Å². The summed E-state index contributed by atoms with van der Waals surface area (Å²) in [5.41, 5.74) is 17.3. The number of rotatable bonds is 6. The van der Waals surface area contributed by atoms with Crippen molar-refractivity contribution in [2.24, 2.45) is 0 Å². The summed E-state index contributed by atoms with van der Waals surface area (Å²) in [6.07, 6.45) is 0. The predicted molar refractivity (Wildman–Crippen MR) is 240 cm³/mol. The van der Waals surface area contributed by atoms with Crippen molar-refractivity contribution >= 4 is 49.8 Å². The SMILES string of the molecule is CC1(C)c2ccccc2-c2ccc(N(c3ccc(-c4ccccc4)cc3)c3cccc(-c4cccc5c4oc4c6ccccc6c(-c6ccccc6)cc54)c3)cc21. The maximum atomic E-state index is 6.96. The standard InChI is InChI=1S/C55H39NO/c1-55(2)51-26-12-11-22-45(51)46-32-31-42(34-52(46)55)56(40-29-27-37(28-30-40)36-15-5-3-6-16-36)41-20-13-19-39(33-41)43-24-14-25-48-50-35-49(38-17-7-4-8-18-38)44-21-9-10-23-47(44)54(50)57-53(43)48/h3-35H,1-2H3. The van der Waals surface area contributed by atoms with Crippen LogP contribution in [0.5, 0.6) is 0 Å². The fourth-order valence-corrected chi connectivity index (χ4v) is 9.23. The zero-order valence-electron chi connectivity index (χ0n) is 31.9. The highest BCUT2D eigenvalue weighted by atomic mass is 16.3. The number of fused-ring (bicyclic) bond motifs is 8. The Morgan fingerprint density at radius 2 is 0.895 bits per heavy atom. The average Bonchev–Trinajstić information content (AvgIpc) is 3.76. The third-order valence-electron chi connectivity index (χ3n) is 12.1. The normalized spacial score (nSPS) is 12.9. The van der Waals surface area contributed by atoms with E-state index in [9.17, 15) is 0 Å². The van der Waals surface area contributed by atoms with E-state index < -0.39 is 0 Å². The first kappa shape index (κ1) is 33.2. The van der Waals surface area contributed by atoms with E-state index in [-0.39, 0.29) is 5.41 Å². The Morgan fingerprint density at radius 1 is 0.333 bits per heavy atom. The quantitative estimate of drug-likeness (QED) is 0.169. The van der Waals surface area contributed by atoms with Gasteiger partial charge in [0.25, 0.3) is 0 Å². The topological polar surface area (TPSA) is 16.4 Å². The minimum Gasteiger partial charge on any atom is -0.455 e. The number of nitrogens with zero attached hydrogens (tertiary/aromatic N) is 1. The lowest BCUT2D eigenvalue weighted by Crippen LogP contribution is -2.16. The lowest BCUT2D eigenvalue weighted by atomic mass is 9.82. The summed E-state index contributed by atoms with van der Waals surface area (Å²) in [4.78, 5) is 2.40. The van der Waals surface area contributed by atoms with Crippen molar-refractivity contribution in [3.8, 4) is 44.5 Å². The molecule has 1 heterocycles. The van der Waals surface area contributed by atoms with E-state index in [1.807, 2.05) is 0 Å². The summed E-state index contributed by atoms with van der Waals surface area (Å²) in [5, 5.41) is 4.55. The second-order valence-electron chi connectivity index (χ2n) is 15.7. The predicted octanol–water partition coefficient (Wildman–Crippen LogP) is 15.5. The fourth-order valence-electron chi connectivity index (χ4n) is 9.23. The molecule has 0 bridgehead atoms. The molecule has 2 heteroatoms. The Kier molecular flexibility index (Phi) is 7.55. The Balaban J connectivity index is 1.08. The van der Waals surface area contributed by atoms with Gasteiger partial charge >= 0.3 is 0 Å². The molecule has 0 atom stereocenters. The first-order valence-electron chi connectivity index (χ1n) is 19.8. The van der Waals surface area contributed by atoms with Crippen LogP contribution in [0.1, 0.15) is 25.0 Å². The summed E-state index contributed by atoms with van der Waals surface area (Å²) >= 11 is 0. The molecule has 0 radical (unpaired) electrons. The number of anilines is 3. The first-order valence-corrected chi connectivity index (χ1v) is 19.8. The van der Waals surface area contributed by atoms with Crippen LogP contribution in [0, 0.1) is 0 Å². The van der Waals surface area contributed by atoms with Crippen molar-refractivity contribution in [2.45, 2.75) is 19.3 Å². The molecule has 1 aliphatic carbocycles. The number of furan rings is 1. The van der Waals surface area contributed by atoms with E-state index in [0.29, 0.717) is 0 Å². The van der Waals surface area contributed by atoms with Crippen LogP contribution in [-0.4, -0.2) is 0 Å². The van der Waals surface area contributed by atoms with Crippen molar-refractivity contribution in [3.63, 3.8) is 0 Å².